The normalized spacial score (nSPS) is 11.7. The lowest BCUT2D eigenvalue weighted by Crippen LogP contribution is -2.26. The molecule has 2 nitrogen and oxygen atoms in total. The van der Waals surface area contributed by atoms with Crippen LogP contribution in [0.3, 0.4) is 0 Å². The minimum absolute atomic E-state index is 0.0347. The van der Waals surface area contributed by atoms with Gasteiger partial charge in [0.05, 0.1) is 6.04 Å². The van der Waals surface area contributed by atoms with Crippen molar-refractivity contribution in [3.63, 3.8) is 0 Å². The lowest BCUT2D eigenvalue weighted by molar-refractivity contribution is 0.0940. The summed E-state index contributed by atoms with van der Waals surface area (Å²) in [5.74, 6) is -0.0507. The molecule has 0 spiro atoms. The Hall–Kier alpha value is -2.87. The van der Waals surface area contributed by atoms with Crippen LogP contribution in [0.4, 0.5) is 0 Å². The summed E-state index contributed by atoms with van der Waals surface area (Å²) in [6.45, 7) is 2.00. The summed E-state index contributed by atoms with van der Waals surface area (Å²) in [5, 5.41) is 3.03. The van der Waals surface area contributed by atoms with Gasteiger partial charge in [-0.15, -0.1) is 0 Å². The maximum atomic E-state index is 12.2. The quantitative estimate of drug-likeness (QED) is 0.733. The van der Waals surface area contributed by atoms with Gasteiger partial charge in [0.25, 0.3) is 5.91 Å². The molecule has 2 heteroatoms. The Morgan fingerprint density at radius 1 is 0.739 bits per heavy atom. The Morgan fingerprint density at radius 3 is 1.87 bits per heavy atom. The monoisotopic (exact) mass is 301 g/mol. The van der Waals surface area contributed by atoms with E-state index in [0.29, 0.717) is 5.56 Å². The van der Waals surface area contributed by atoms with Crippen LogP contribution in [0, 0.1) is 0 Å². The fourth-order valence-corrected chi connectivity index (χ4v) is 2.55. The van der Waals surface area contributed by atoms with Crippen molar-refractivity contribution in [2.45, 2.75) is 13.0 Å². The van der Waals surface area contributed by atoms with Crippen molar-refractivity contribution in [3.8, 4) is 11.1 Å². The fourth-order valence-electron chi connectivity index (χ4n) is 2.55. The molecule has 23 heavy (non-hydrogen) atoms. The van der Waals surface area contributed by atoms with Crippen molar-refractivity contribution in [1.82, 2.24) is 5.32 Å². The lowest BCUT2D eigenvalue weighted by atomic mass is 10.0. The van der Waals surface area contributed by atoms with E-state index in [-0.39, 0.29) is 11.9 Å². The molecule has 0 saturated carbocycles. The topological polar surface area (TPSA) is 29.1 Å². The minimum atomic E-state index is -0.0507. The summed E-state index contributed by atoms with van der Waals surface area (Å²) >= 11 is 0. The van der Waals surface area contributed by atoms with Crippen molar-refractivity contribution in [1.29, 1.82) is 0 Å². The highest BCUT2D eigenvalue weighted by Gasteiger charge is 2.11. The largest absolute Gasteiger partial charge is 0.346 e. The molecule has 1 atom stereocenters. The third kappa shape index (κ3) is 3.67. The van der Waals surface area contributed by atoms with Gasteiger partial charge in [0, 0.05) is 5.56 Å². The highest BCUT2D eigenvalue weighted by atomic mass is 16.1. The van der Waals surface area contributed by atoms with E-state index in [4.69, 9.17) is 0 Å². The van der Waals surface area contributed by atoms with E-state index in [9.17, 15) is 4.79 Å². The van der Waals surface area contributed by atoms with Crippen LogP contribution in [0.1, 0.15) is 28.9 Å². The SMILES string of the molecule is C[C@@H](NC(=O)c1ccccc1)c1ccc(-c2ccccc2)cc1. The van der Waals surface area contributed by atoms with Gasteiger partial charge in [-0.2, -0.15) is 0 Å². The van der Waals surface area contributed by atoms with Crippen LogP contribution in [-0.2, 0) is 0 Å². The number of nitrogens with one attached hydrogen (secondary N) is 1. The number of benzene rings is 3. The highest BCUT2D eigenvalue weighted by Crippen LogP contribution is 2.21. The molecular weight excluding hydrogens is 282 g/mol. The molecule has 0 saturated heterocycles. The molecular formula is C21H19NO. The number of rotatable bonds is 4. The zero-order valence-corrected chi connectivity index (χ0v) is 13.1. The summed E-state index contributed by atoms with van der Waals surface area (Å²) < 4.78 is 0. The van der Waals surface area contributed by atoms with Gasteiger partial charge >= 0.3 is 0 Å². The zero-order valence-electron chi connectivity index (χ0n) is 13.1. The predicted octanol–water partition coefficient (Wildman–Crippen LogP) is 4.84. The van der Waals surface area contributed by atoms with Crippen LogP contribution >= 0.6 is 0 Å². The van der Waals surface area contributed by atoms with Crippen molar-refractivity contribution < 1.29 is 4.79 Å². The molecule has 3 aromatic carbocycles. The number of carbonyl (C=O) groups excluding carboxylic acids is 1. The van der Waals surface area contributed by atoms with E-state index in [1.807, 2.05) is 55.5 Å². The second kappa shape index (κ2) is 6.93. The summed E-state index contributed by atoms with van der Waals surface area (Å²) in [4.78, 5) is 12.2. The third-order valence-electron chi connectivity index (χ3n) is 3.90. The zero-order chi connectivity index (χ0) is 16.1. The van der Waals surface area contributed by atoms with Crippen LogP contribution in [0.2, 0.25) is 0 Å². The molecule has 0 fully saturated rings. The molecule has 0 unspecified atom stereocenters. The van der Waals surface area contributed by atoms with Crippen LogP contribution in [0.25, 0.3) is 11.1 Å². The van der Waals surface area contributed by atoms with Gasteiger partial charge in [-0.1, -0.05) is 72.8 Å². The first-order valence-electron chi connectivity index (χ1n) is 7.75. The molecule has 114 valence electrons. The average Bonchev–Trinajstić information content (AvgIpc) is 2.63. The van der Waals surface area contributed by atoms with E-state index >= 15 is 0 Å². The standard InChI is InChI=1S/C21H19NO/c1-16(22-21(23)20-10-6-3-7-11-20)17-12-14-19(15-13-17)18-8-4-2-5-9-18/h2-16H,1H3,(H,22,23)/t16-/m1/s1. The van der Waals surface area contributed by atoms with Gasteiger partial charge in [0.2, 0.25) is 0 Å². The molecule has 3 aromatic rings. The van der Waals surface area contributed by atoms with Gasteiger partial charge in [0.1, 0.15) is 0 Å². The van der Waals surface area contributed by atoms with Crippen LogP contribution < -0.4 is 5.32 Å². The Labute approximate surface area is 136 Å². The third-order valence-corrected chi connectivity index (χ3v) is 3.90. The van der Waals surface area contributed by atoms with E-state index in [1.165, 1.54) is 11.1 Å². The molecule has 1 amide bonds. The van der Waals surface area contributed by atoms with Gasteiger partial charge < -0.3 is 5.32 Å². The van der Waals surface area contributed by atoms with Gasteiger partial charge in [-0.3, -0.25) is 4.79 Å². The average molecular weight is 301 g/mol. The Bertz CT molecular complexity index is 764. The van der Waals surface area contributed by atoms with Gasteiger partial charge in [0.15, 0.2) is 0 Å². The van der Waals surface area contributed by atoms with Crippen molar-refractivity contribution in [2.24, 2.45) is 0 Å². The molecule has 0 bridgehead atoms. The fraction of sp³-hybridized carbons (Fsp3) is 0.0952. The maximum Gasteiger partial charge on any atom is 0.251 e. The highest BCUT2D eigenvalue weighted by molar-refractivity contribution is 5.94. The number of hydrogen-bond donors (Lipinski definition) is 1. The van der Waals surface area contributed by atoms with Crippen molar-refractivity contribution in [2.75, 3.05) is 0 Å². The molecule has 0 aromatic heterocycles. The second-order valence-corrected chi connectivity index (χ2v) is 5.55. The Kier molecular flexibility index (Phi) is 4.53. The minimum Gasteiger partial charge on any atom is -0.346 e. The molecule has 0 radical (unpaired) electrons. The number of hydrogen-bond acceptors (Lipinski definition) is 1. The Morgan fingerprint density at radius 2 is 1.26 bits per heavy atom. The first-order chi connectivity index (χ1) is 11.2. The number of amides is 1. The summed E-state index contributed by atoms with van der Waals surface area (Å²) in [6.07, 6.45) is 0. The molecule has 1 N–H and O–H groups in total. The molecule has 0 aliphatic carbocycles. The summed E-state index contributed by atoms with van der Waals surface area (Å²) in [7, 11) is 0. The summed E-state index contributed by atoms with van der Waals surface area (Å²) in [5.41, 5.74) is 4.14. The first kappa shape index (κ1) is 15.0. The van der Waals surface area contributed by atoms with E-state index in [0.717, 1.165) is 5.56 Å². The lowest BCUT2D eigenvalue weighted by Gasteiger charge is -2.15. The molecule has 0 heterocycles. The van der Waals surface area contributed by atoms with E-state index in [1.54, 1.807) is 0 Å². The molecule has 3 rings (SSSR count). The van der Waals surface area contributed by atoms with Gasteiger partial charge in [-0.05, 0) is 35.7 Å². The van der Waals surface area contributed by atoms with E-state index < -0.39 is 0 Å². The molecule has 0 aliphatic heterocycles. The van der Waals surface area contributed by atoms with Crippen molar-refractivity contribution >= 4 is 5.91 Å². The maximum absolute atomic E-state index is 12.2. The van der Waals surface area contributed by atoms with Crippen molar-refractivity contribution in [3.05, 3.63) is 96.1 Å². The van der Waals surface area contributed by atoms with E-state index in [2.05, 4.69) is 41.7 Å². The first-order valence-corrected chi connectivity index (χ1v) is 7.75. The van der Waals surface area contributed by atoms with Crippen LogP contribution in [0.5, 0.6) is 0 Å². The second-order valence-electron chi connectivity index (χ2n) is 5.55. The van der Waals surface area contributed by atoms with Crippen LogP contribution in [-0.4, -0.2) is 5.91 Å². The predicted molar refractivity (Wildman–Crippen MR) is 94.2 cm³/mol. The van der Waals surface area contributed by atoms with Crippen LogP contribution in [0.15, 0.2) is 84.9 Å². The Balaban J connectivity index is 1.71. The van der Waals surface area contributed by atoms with Gasteiger partial charge in [-0.25, -0.2) is 0 Å². The molecule has 0 aliphatic rings. The smallest absolute Gasteiger partial charge is 0.251 e. The number of carbonyl (C=O) groups is 1. The summed E-state index contributed by atoms with van der Waals surface area (Å²) in [6, 6.07) is 27.8.